The first-order valence-electron chi connectivity index (χ1n) is 9.26. The minimum atomic E-state index is -0.0415. The number of ether oxygens (including phenoxy) is 1. The van der Waals surface area contributed by atoms with Crippen LogP contribution in [0.3, 0.4) is 0 Å². The van der Waals surface area contributed by atoms with Gasteiger partial charge >= 0.3 is 0 Å². The molecular formula is C21H24Cl2N2O2. The number of nitrogens with zero attached hydrogens (tertiary/aromatic N) is 2. The second kappa shape index (κ2) is 9.45. The summed E-state index contributed by atoms with van der Waals surface area (Å²) in [4.78, 5) is 17.1. The molecule has 0 bridgehead atoms. The van der Waals surface area contributed by atoms with Crippen LogP contribution >= 0.6 is 23.2 Å². The van der Waals surface area contributed by atoms with E-state index in [1.807, 2.05) is 17.9 Å². The minimum Gasteiger partial charge on any atom is -0.490 e. The highest BCUT2D eigenvalue weighted by Crippen LogP contribution is 2.34. The van der Waals surface area contributed by atoms with E-state index in [-0.39, 0.29) is 5.91 Å². The van der Waals surface area contributed by atoms with E-state index in [1.54, 1.807) is 12.1 Å². The standard InChI is InChI=1S/C21H24Cl2N2O2/c1-2-12-27-20-18(22)13-17(14-19(20)23)21(26)25-10-8-24(9-11-25)15-16-6-4-3-5-7-16/h3-7,13-14H,2,8-12,15H2,1H3. The van der Waals surface area contributed by atoms with Gasteiger partial charge in [0, 0.05) is 38.3 Å². The fourth-order valence-electron chi connectivity index (χ4n) is 3.16. The van der Waals surface area contributed by atoms with E-state index < -0.39 is 0 Å². The van der Waals surface area contributed by atoms with Gasteiger partial charge in [0.25, 0.3) is 5.91 Å². The molecule has 0 unspecified atom stereocenters. The predicted octanol–water partition coefficient (Wildman–Crippen LogP) is 4.74. The zero-order valence-corrected chi connectivity index (χ0v) is 17.0. The molecule has 0 aromatic heterocycles. The molecule has 1 aliphatic heterocycles. The molecule has 27 heavy (non-hydrogen) atoms. The smallest absolute Gasteiger partial charge is 0.254 e. The first-order chi connectivity index (χ1) is 13.1. The van der Waals surface area contributed by atoms with Gasteiger partial charge in [-0.25, -0.2) is 0 Å². The molecule has 144 valence electrons. The molecule has 0 saturated carbocycles. The number of benzene rings is 2. The Hall–Kier alpha value is -1.75. The van der Waals surface area contributed by atoms with Gasteiger partial charge in [-0.2, -0.15) is 0 Å². The summed E-state index contributed by atoms with van der Waals surface area (Å²) >= 11 is 12.6. The number of hydrogen-bond acceptors (Lipinski definition) is 3. The van der Waals surface area contributed by atoms with E-state index in [1.165, 1.54) is 5.56 Å². The molecule has 1 fully saturated rings. The Kier molecular flexibility index (Phi) is 7.00. The average molecular weight is 407 g/mol. The molecule has 1 amide bonds. The van der Waals surface area contributed by atoms with Crippen LogP contribution in [-0.4, -0.2) is 48.5 Å². The number of rotatable bonds is 6. The highest BCUT2D eigenvalue weighted by Gasteiger charge is 2.23. The van der Waals surface area contributed by atoms with Crippen LogP contribution in [0.25, 0.3) is 0 Å². The van der Waals surface area contributed by atoms with Crippen molar-refractivity contribution in [3.63, 3.8) is 0 Å². The first-order valence-corrected chi connectivity index (χ1v) is 10.0. The maximum atomic E-state index is 12.8. The highest BCUT2D eigenvalue weighted by molar-refractivity contribution is 6.37. The van der Waals surface area contributed by atoms with Crippen LogP contribution in [-0.2, 0) is 6.54 Å². The van der Waals surface area contributed by atoms with E-state index in [2.05, 4.69) is 29.2 Å². The maximum Gasteiger partial charge on any atom is 0.254 e. The molecule has 1 saturated heterocycles. The quantitative estimate of drug-likeness (QED) is 0.694. The lowest BCUT2D eigenvalue weighted by Gasteiger charge is -2.35. The van der Waals surface area contributed by atoms with E-state index in [4.69, 9.17) is 27.9 Å². The molecule has 2 aromatic carbocycles. The summed E-state index contributed by atoms with van der Waals surface area (Å²) in [6.07, 6.45) is 0.862. The van der Waals surface area contributed by atoms with Crippen LogP contribution in [0, 0.1) is 0 Å². The maximum absolute atomic E-state index is 12.8. The third-order valence-corrected chi connectivity index (χ3v) is 5.17. The Morgan fingerprint density at radius 2 is 1.67 bits per heavy atom. The fraction of sp³-hybridized carbons (Fsp3) is 0.381. The van der Waals surface area contributed by atoms with Gasteiger partial charge in [-0.05, 0) is 24.1 Å². The normalized spacial score (nSPS) is 15.0. The Labute approximate surface area is 170 Å². The summed E-state index contributed by atoms with van der Waals surface area (Å²) in [6, 6.07) is 13.7. The summed E-state index contributed by atoms with van der Waals surface area (Å²) in [7, 11) is 0. The van der Waals surface area contributed by atoms with Crippen molar-refractivity contribution >= 4 is 29.1 Å². The molecular weight excluding hydrogens is 383 g/mol. The molecule has 0 N–H and O–H groups in total. The van der Waals surface area contributed by atoms with E-state index in [0.717, 1.165) is 26.1 Å². The van der Waals surface area contributed by atoms with Crippen molar-refractivity contribution < 1.29 is 9.53 Å². The Morgan fingerprint density at radius 3 is 2.26 bits per heavy atom. The van der Waals surface area contributed by atoms with Crippen LogP contribution in [0.1, 0.15) is 29.3 Å². The number of hydrogen-bond donors (Lipinski definition) is 0. The molecule has 0 radical (unpaired) electrons. The topological polar surface area (TPSA) is 32.8 Å². The van der Waals surface area contributed by atoms with Crippen LogP contribution in [0.4, 0.5) is 0 Å². The zero-order valence-electron chi connectivity index (χ0n) is 15.5. The first kappa shape index (κ1) is 20.0. The zero-order chi connectivity index (χ0) is 19.2. The molecule has 1 aliphatic rings. The van der Waals surface area contributed by atoms with E-state index >= 15 is 0 Å². The molecule has 2 aromatic rings. The average Bonchev–Trinajstić information content (AvgIpc) is 2.68. The molecule has 4 nitrogen and oxygen atoms in total. The van der Waals surface area contributed by atoms with Crippen LogP contribution in [0.2, 0.25) is 10.0 Å². The minimum absolute atomic E-state index is 0.0415. The summed E-state index contributed by atoms with van der Waals surface area (Å²) in [5, 5.41) is 0.754. The van der Waals surface area contributed by atoms with Gasteiger partial charge in [-0.1, -0.05) is 60.5 Å². The molecule has 0 spiro atoms. The number of halogens is 2. The summed E-state index contributed by atoms with van der Waals surface area (Å²) in [6.45, 7) is 6.53. The SMILES string of the molecule is CCCOc1c(Cl)cc(C(=O)N2CCN(Cc3ccccc3)CC2)cc1Cl. The van der Waals surface area contributed by atoms with Crippen LogP contribution in [0.5, 0.6) is 5.75 Å². The number of piperazine rings is 1. The molecule has 0 aliphatic carbocycles. The number of carbonyl (C=O) groups is 1. The highest BCUT2D eigenvalue weighted by atomic mass is 35.5. The lowest BCUT2D eigenvalue weighted by molar-refractivity contribution is 0.0628. The second-order valence-corrected chi connectivity index (χ2v) is 7.49. The summed E-state index contributed by atoms with van der Waals surface area (Å²) < 4.78 is 5.57. The Morgan fingerprint density at radius 1 is 1.04 bits per heavy atom. The van der Waals surface area contributed by atoms with Crippen molar-refractivity contribution in [2.75, 3.05) is 32.8 Å². The fourth-order valence-corrected chi connectivity index (χ4v) is 3.75. The van der Waals surface area contributed by atoms with Crippen molar-refractivity contribution in [3.05, 3.63) is 63.6 Å². The van der Waals surface area contributed by atoms with Crippen molar-refractivity contribution in [2.45, 2.75) is 19.9 Å². The largest absolute Gasteiger partial charge is 0.490 e. The Bertz CT molecular complexity index is 752. The van der Waals surface area contributed by atoms with Crippen molar-refractivity contribution in [2.24, 2.45) is 0 Å². The second-order valence-electron chi connectivity index (χ2n) is 6.67. The third kappa shape index (κ3) is 5.16. The van der Waals surface area contributed by atoms with Crippen LogP contribution in [0.15, 0.2) is 42.5 Å². The van der Waals surface area contributed by atoms with E-state index in [9.17, 15) is 4.79 Å². The Balaban J connectivity index is 1.60. The number of amides is 1. The van der Waals surface area contributed by atoms with Gasteiger partial charge in [0.15, 0.2) is 5.75 Å². The molecule has 3 rings (SSSR count). The van der Waals surface area contributed by atoms with E-state index in [0.29, 0.717) is 41.1 Å². The third-order valence-electron chi connectivity index (χ3n) is 4.60. The molecule has 6 heteroatoms. The predicted molar refractivity (Wildman–Crippen MR) is 110 cm³/mol. The lowest BCUT2D eigenvalue weighted by Crippen LogP contribution is -2.48. The molecule has 0 atom stereocenters. The van der Waals surface area contributed by atoms with Gasteiger partial charge in [-0.3, -0.25) is 9.69 Å². The van der Waals surface area contributed by atoms with Gasteiger partial charge in [-0.15, -0.1) is 0 Å². The lowest BCUT2D eigenvalue weighted by atomic mass is 10.1. The van der Waals surface area contributed by atoms with Gasteiger partial charge in [0.05, 0.1) is 16.7 Å². The van der Waals surface area contributed by atoms with Crippen molar-refractivity contribution in [1.82, 2.24) is 9.80 Å². The summed E-state index contributed by atoms with van der Waals surface area (Å²) in [5.41, 5.74) is 1.80. The number of carbonyl (C=O) groups excluding carboxylic acids is 1. The van der Waals surface area contributed by atoms with Gasteiger partial charge in [0.1, 0.15) is 0 Å². The van der Waals surface area contributed by atoms with Crippen LogP contribution < -0.4 is 4.74 Å². The van der Waals surface area contributed by atoms with Crippen molar-refractivity contribution in [3.8, 4) is 5.75 Å². The summed E-state index contributed by atoms with van der Waals surface area (Å²) in [5.74, 6) is 0.407. The molecule has 1 heterocycles. The van der Waals surface area contributed by atoms with Gasteiger partial charge < -0.3 is 9.64 Å². The monoisotopic (exact) mass is 406 g/mol. The van der Waals surface area contributed by atoms with Gasteiger partial charge in [0.2, 0.25) is 0 Å². The van der Waals surface area contributed by atoms with Crippen molar-refractivity contribution in [1.29, 1.82) is 0 Å².